The second kappa shape index (κ2) is 11.4. The molecule has 1 heterocycles. The lowest BCUT2D eigenvalue weighted by atomic mass is 10.00. The van der Waals surface area contributed by atoms with Crippen LogP contribution in [0.2, 0.25) is 0 Å². The molecule has 194 valence electrons. The number of nitrogens with zero attached hydrogens (tertiary/aromatic N) is 2. The van der Waals surface area contributed by atoms with Crippen LogP contribution in [-0.4, -0.2) is 53.8 Å². The molecule has 1 aromatic heterocycles. The largest absolute Gasteiger partial charge is 0.494 e. The number of nitrogens with one attached hydrogen (secondary N) is 2. The third-order valence-corrected chi connectivity index (χ3v) is 5.91. The molecule has 0 radical (unpaired) electrons. The number of aromatic nitrogens is 1. The molecular formula is C29H28N4O5. The van der Waals surface area contributed by atoms with Gasteiger partial charge in [0.2, 0.25) is 11.8 Å². The van der Waals surface area contributed by atoms with E-state index in [-0.39, 0.29) is 30.8 Å². The van der Waals surface area contributed by atoms with E-state index in [0.717, 1.165) is 5.56 Å². The quantitative estimate of drug-likeness (QED) is 0.240. The molecule has 0 spiro atoms. The molecule has 0 saturated heterocycles. The third-order valence-electron chi connectivity index (χ3n) is 5.91. The number of carbonyl (C=O) groups is 3. The zero-order chi connectivity index (χ0) is 27.2. The van der Waals surface area contributed by atoms with Gasteiger partial charge in [0.15, 0.2) is 5.88 Å². The Labute approximate surface area is 219 Å². The smallest absolute Gasteiger partial charge is 0.338 e. The first-order valence-electron chi connectivity index (χ1n) is 12.1. The lowest BCUT2D eigenvalue weighted by molar-refractivity contribution is -0.123. The maximum absolute atomic E-state index is 12.3. The first-order valence-corrected chi connectivity index (χ1v) is 12.1. The van der Waals surface area contributed by atoms with E-state index in [4.69, 9.17) is 9.73 Å². The van der Waals surface area contributed by atoms with Gasteiger partial charge in [0.25, 0.3) is 0 Å². The van der Waals surface area contributed by atoms with E-state index in [2.05, 4.69) is 10.3 Å². The second-order valence-corrected chi connectivity index (χ2v) is 8.53. The summed E-state index contributed by atoms with van der Waals surface area (Å²) in [6.07, 6.45) is 0. The van der Waals surface area contributed by atoms with Crippen molar-refractivity contribution in [1.29, 1.82) is 0 Å². The summed E-state index contributed by atoms with van der Waals surface area (Å²) in [5, 5.41) is 14.1. The van der Waals surface area contributed by atoms with Crippen molar-refractivity contribution in [3.63, 3.8) is 0 Å². The average Bonchev–Trinajstić information content (AvgIpc) is 3.25. The van der Waals surface area contributed by atoms with Gasteiger partial charge < -0.3 is 25.0 Å². The molecule has 0 aliphatic carbocycles. The number of esters is 1. The number of rotatable bonds is 8. The van der Waals surface area contributed by atoms with E-state index in [9.17, 15) is 19.5 Å². The van der Waals surface area contributed by atoms with E-state index in [1.807, 2.05) is 30.3 Å². The third kappa shape index (κ3) is 5.73. The predicted octanol–water partition coefficient (Wildman–Crippen LogP) is 4.32. The molecule has 4 aromatic rings. The highest BCUT2D eigenvalue weighted by Gasteiger charge is 2.20. The van der Waals surface area contributed by atoms with E-state index in [1.54, 1.807) is 56.4 Å². The number of fused-ring (bicyclic) bond motifs is 1. The standard InChI is InChI=1S/C29H28N4O5/c1-4-38-29(37)20-10-15-23-24(16-20)32-28(36)26(23)27(19-8-6-5-7-9-19)31-21-11-13-22(14-12-21)33(3)25(35)17-30-18(2)34/h5-16,32,36H,4,17H2,1-3H3,(H,30,34). The number of aromatic hydroxyl groups is 1. The number of amides is 2. The number of aliphatic imine (C=N–C) groups is 1. The number of carbonyl (C=O) groups excluding carboxylic acids is 3. The van der Waals surface area contributed by atoms with Gasteiger partial charge in [-0.25, -0.2) is 9.79 Å². The van der Waals surface area contributed by atoms with Gasteiger partial charge >= 0.3 is 5.97 Å². The number of H-pyrrole nitrogens is 1. The summed E-state index contributed by atoms with van der Waals surface area (Å²) < 4.78 is 5.09. The number of aromatic amines is 1. The highest BCUT2D eigenvalue weighted by atomic mass is 16.5. The van der Waals surface area contributed by atoms with Gasteiger partial charge in [0.05, 0.1) is 35.7 Å². The van der Waals surface area contributed by atoms with Gasteiger partial charge in [0, 0.05) is 36.1 Å². The fourth-order valence-electron chi connectivity index (χ4n) is 3.97. The number of anilines is 1. The zero-order valence-electron chi connectivity index (χ0n) is 21.3. The summed E-state index contributed by atoms with van der Waals surface area (Å²) in [5.74, 6) is -1.05. The maximum atomic E-state index is 12.3. The molecule has 38 heavy (non-hydrogen) atoms. The van der Waals surface area contributed by atoms with E-state index in [0.29, 0.717) is 39.1 Å². The number of hydrogen-bond donors (Lipinski definition) is 3. The molecule has 0 saturated carbocycles. The predicted molar refractivity (Wildman–Crippen MR) is 146 cm³/mol. The van der Waals surface area contributed by atoms with Crippen molar-refractivity contribution in [2.75, 3.05) is 25.1 Å². The summed E-state index contributed by atoms with van der Waals surface area (Å²) in [6.45, 7) is 3.27. The molecule has 0 fully saturated rings. The number of ether oxygens (including phenoxy) is 1. The van der Waals surface area contributed by atoms with Crippen LogP contribution in [-0.2, 0) is 14.3 Å². The van der Waals surface area contributed by atoms with Crippen LogP contribution in [0.4, 0.5) is 11.4 Å². The zero-order valence-corrected chi connectivity index (χ0v) is 21.3. The Kier molecular flexibility index (Phi) is 7.86. The van der Waals surface area contributed by atoms with Gasteiger partial charge in [-0.2, -0.15) is 0 Å². The highest BCUT2D eigenvalue weighted by molar-refractivity contribution is 6.22. The topological polar surface area (TPSA) is 124 Å². The lowest BCUT2D eigenvalue weighted by Crippen LogP contribution is -2.37. The van der Waals surface area contributed by atoms with Crippen LogP contribution >= 0.6 is 0 Å². The minimum Gasteiger partial charge on any atom is -0.494 e. The van der Waals surface area contributed by atoms with Crippen LogP contribution in [0.3, 0.4) is 0 Å². The average molecular weight is 513 g/mol. The maximum Gasteiger partial charge on any atom is 0.338 e. The molecule has 3 N–H and O–H groups in total. The minimum absolute atomic E-state index is 0.0801. The number of benzene rings is 3. The number of likely N-dealkylation sites (N-methyl/N-ethyl adjacent to an activating group) is 1. The summed E-state index contributed by atoms with van der Waals surface area (Å²) in [7, 11) is 1.63. The molecule has 9 nitrogen and oxygen atoms in total. The Morgan fingerprint density at radius 1 is 1.00 bits per heavy atom. The van der Waals surface area contributed by atoms with Crippen LogP contribution in [0.1, 0.15) is 35.3 Å². The Bertz CT molecular complexity index is 1510. The van der Waals surface area contributed by atoms with Crippen molar-refractivity contribution in [3.05, 3.63) is 89.5 Å². The Hall–Kier alpha value is -4.92. The SMILES string of the molecule is CCOC(=O)c1ccc2c(C(=Nc3ccc(N(C)C(=O)CNC(C)=O)cc3)c3ccccc3)c(O)[nH]c2c1. The summed E-state index contributed by atoms with van der Waals surface area (Å²) >= 11 is 0. The highest BCUT2D eigenvalue weighted by Crippen LogP contribution is 2.32. The van der Waals surface area contributed by atoms with Crippen LogP contribution in [0, 0.1) is 0 Å². The van der Waals surface area contributed by atoms with Gasteiger partial charge in [-0.3, -0.25) is 9.59 Å². The molecule has 0 bridgehead atoms. The van der Waals surface area contributed by atoms with Crippen LogP contribution in [0.5, 0.6) is 5.88 Å². The molecule has 3 aromatic carbocycles. The summed E-state index contributed by atoms with van der Waals surface area (Å²) in [5.41, 5.74) is 3.99. The monoisotopic (exact) mass is 512 g/mol. The molecule has 9 heteroatoms. The van der Waals surface area contributed by atoms with Crippen LogP contribution in [0.15, 0.2) is 77.8 Å². The minimum atomic E-state index is -0.442. The first-order chi connectivity index (χ1) is 18.3. The molecule has 0 aliphatic heterocycles. The van der Waals surface area contributed by atoms with Crippen LogP contribution < -0.4 is 10.2 Å². The molecule has 4 rings (SSSR count). The Morgan fingerprint density at radius 2 is 1.71 bits per heavy atom. The first kappa shape index (κ1) is 26.2. The fourth-order valence-corrected chi connectivity index (χ4v) is 3.97. The molecule has 0 aliphatic rings. The molecular weight excluding hydrogens is 484 g/mol. The molecule has 0 atom stereocenters. The van der Waals surface area contributed by atoms with Gasteiger partial charge in [-0.05, 0) is 43.3 Å². The van der Waals surface area contributed by atoms with Crippen molar-refractivity contribution in [2.24, 2.45) is 4.99 Å². The van der Waals surface area contributed by atoms with Crippen molar-refractivity contribution in [1.82, 2.24) is 10.3 Å². The molecule has 2 amide bonds. The van der Waals surface area contributed by atoms with Crippen molar-refractivity contribution < 1.29 is 24.2 Å². The van der Waals surface area contributed by atoms with E-state index < -0.39 is 5.97 Å². The number of hydrogen-bond acceptors (Lipinski definition) is 6. The Morgan fingerprint density at radius 3 is 2.37 bits per heavy atom. The summed E-state index contributed by atoms with van der Waals surface area (Å²) in [4.78, 5) is 44.9. The van der Waals surface area contributed by atoms with E-state index in [1.165, 1.54) is 11.8 Å². The lowest BCUT2D eigenvalue weighted by Gasteiger charge is -2.17. The molecule has 0 unspecified atom stereocenters. The van der Waals surface area contributed by atoms with Crippen molar-refractivity contribution in [3.8, 4) is 5.88 Å². The second-order valence-electron chi connectivity index (χ2n) is 8.53. The van der Waals surface area contributed by atoms with Crippen molar-refractivity contribution in [2.45, 2.75) is 13.8 Å². The summed E-state index contributed by atoms with van der Waals surface area (Å²) in [6, 6.07) is 21.6. The normalized spacial score (nSPS) is 11.3. The van der Waals surface area contributed by atoms with Gasteiger partial charge in [-0.15, -0.1) is 0 Å². The van der Waals surface area contributed by atoms with E-state index >= 15 is 0 Å². The Balaban J connectivity index is 1.73. The van der Waals surface area contributed by atoms with Gasteiger partial charge in [-0.1, -0.05) is 36.4 Å². The van der Waals surface area contributed by atoms with Gasteiger partial charge in [0.1, 0.15) is 0 Å². The van der Waals surface area contributed by atoms with Crippen LogP contribution in [0.25, 0.3) is 10.9 Å². The fraction of sp³-hybridized carbons (Fsp3) is 0.172. The van der Waals surface area contributed by atoms with Crippen molar-refractivity contribution >= 4 is 45.8 Å².